The molecule has 5 rings (SSSR count). The Morgan fingerprint density at radius 3 is 2.17 bits per heavy atom. The third kappa shape index (κ3) is 2.74. The van der Waals surface area contributed by atoms with Crippen molar-refractivity contribution in [3.05, 3.63) is 11.6 Å². The SMILES string of the molecule is CC1CC[C@]2(C(=O)O)CC[C@]3(C)C(=CCC4[C@@]5(C)C(O)C(=O)C(O)C(C)(C)C5CC[C@]43C)C2[C@]1(C)O. The zero-order valence-electron chi connectivity index (χ0n) is 23.1. The van der Waals surface area contributed by atoms with E-state index in [1.807, 2.05) is 27.7 Å². The van der Waals surface area contributed by atoms with Crippen LogP contribution in [0.25, 0.3) is 0 Å². The predicted octanol–water partition coefficient (Wildman–Crippen LogP) is 4.35. The quantitative estimate of drug-likeness (QED) is 0.396. The van der Waals surface area contributed by atoms with Crippen LogP contribution in [-0.4, -0.2) is 50.0 Å². The number of aliphatic hydroxyl groups excluding tert-OH is 2. The van der Waals surface area contributed by atoms with Gasteiger partial charge >= 0.3 is 5.97 Å². The smallest absolute Gasteiger partial charge is 0.310 e. The van der Waals surface area contributed by atoms with Gasteiger partial charge in [-0.25, -0.2) is 0 Å². The van der Waals surface area contributed by atoms with Crippen molar-refractivity contribution in [2.75, 3.05) is 0 Å². The molecule has 6 nitrogen and oxygen atoms in total. The summed E-state index contributed by atoms with van der Waals surface area (Å²) in [5.41, 5.74) is -2.95. The molecule has 4 fully saturated rings. The molecule has 0 bridgehead atoms. The Hall–Kier alpha value is -1.24. The van der Waals surface area contributed by atoms with Crippen LogP contribution in [0, 0.1) is 50.7 Å². The number of hydrogen-bond donors (Lipinski definition) is 4. The zero-order chi connectivity index (χ0) is 26.9. The summed E-state index contributed by atoms with van der Waals surface area (Å²) in [5, 5.41) is 44.7. The molecule has 5 aliphatic carbocycles. The Balaban J connectivity index is 1.68. The maximum Gasteiger partial charge on any atom is 0.310 e. The fourth-order valence-electron chi connectivity index (χ4n) is 10.7. The summed E-state index contributed by atoms with van der Waals surface area (Å²) in [7, 11) is 0. The highest BCUT2D eigenvalue weighted by Crippen LogP contribution is 2.75. The van der Waals surface area contributed by atoms with Crippen molar-refractivity contribution in [1.29, 1.82) is 0 Å². The highest BCUT2D eigenvalue weighted by molar-refractivity contribution is 5.90. The number of carboxylic acids is 1. The highest BCUT2D eigenvalue weighted by atomic mass is 16.4. The molecule has 4 saturated carbocycles. The Kier molecular flexibility index (Phi) is 5.45. The molecule has 0 aromatic rings. The van der Waals surface area contributed by atoms with Crippen LogP contribution in [0.4, 0.5) is 0 Å². The van der Waals surface area contributed by atoms with Crippen molar-refractivity contribution >= 4 is 11.8 Å². The third-order valence-corrected chi connectivity index (χ3v) is 13.4. The van der Waals surface area contributed by atoms with Crippen LogP contribution >= 0.6 is 0 Å². The molecule has 0 saturated heterocycles. The maximum absolute atomic E-state index is 13.2. The number of Topliss-reactive ketones (excluding diaryl/α,β-unsaturated/α-hetero) is 1. The van der Waals surface area contributed by atoms with E-state index in [1.54, 1.807) is 0 Å². The average Bonchev–Trinajstić information content (AvgIpc) is 2.79. The number of carbonyl (C=O) groups is 2. The molecule has 11 atom stereocenters. The summed E-state index contributed by atoms with van der Waals surface area (Å²) in [6, 6.07) is 0. The van der Waals surface area contributed by atoms with Gasteiger partial charge in [-0.2, -0.15) is 0 Å². The Bertz CT molecular complexity index is 1030. The van der Waals surface area contributed by atoms with E-state index in [1.165, 1.54) is 0 Å². The molecule has 0 heterocycles. The van der Waals surface area contributed by atoms with Gasteiger partial charge in [-0.05, 0) is 80.5 Å². The lowest BCUT2D eigenvalue weighted by Gasteiger charge is -2.72. The van der Waals surface area contributed by atoms with Crippen LogP contribution in [0.1, 0.15) is 93.4 Å². The van der Waals surface area contributed by atoms with Gasteiger partial charge in [0.25, 0.3) is 0 Å². The van der Waals surface area contributed by atoms with Crippen LogP contribution in [-0.2, 0) is 9.59 Å². The monoisotopic (exact) mass is 502 g/mol. The number of ketones is 1. The number of carbonyl (C=O) groups excluding carboxylic acids is 1. The van der Waals surface area contributed by atoms with Crippen molar-refractivity contribution in [1.82, 2.24) is 0 Å². The van der Waals surface area contributed by atoms with Crippen LogP contribution in [0.5, 0.6) is 0 Å². The molecule has 4 N–H and O–H groups in total. The van der Waals surface area contributed by atoms with E-state index in [9.17, 15) is 30.0 Å². The van der Waals surface area contributed by atoms with Crippen molar-refractivity contribution in [2.45, 2.75) is 111 Å². The summed E-state index contributed by atoms with van der Waals surface area (Å²) >= 11 is 0. The summed E-state index contributed by atoms with van der Waals surface area (Å²) < 4.78 is 0. The second-order valence-corrected chi connectivity index (χ2v) is 14.7. The van der Waals surface area contributed by atoms with Crippen LogP contribution in [0.15, 0.2) is 11.6 Å². The second kappa shape index (κ2) is 7.45. The second-order valence-electron chi connectivity index (χ2n) is 14.7. The fraction of sp³-hybridized carbons (Fsp3) is 0.867. The van der Waals surface area contributed by atoms with Gasteiger partial charge in [-0.15, -0.1) is 0 Å². The summed E-state index contributed by atoms with van der Waals surface area (Å²) in [4.78, 5) is 26.0. The Labute approximate surface area is 215 Å². The number of hydrogen-bond acceptors (Lipinski definition) is 5. The highest BCUT2D eigenvalue weighted by Gasteiger charge is 2.73. The molecular formula is C30H46O6. The molecule has 0 aromatic heterocycles. The van der Waals surface area contributed by atoms with Gasteiger partial charge < -0.3 is 20.4 Å². The topological polar surface area (TPSA) is 115 Å². The zero-order valence-corrected chi connectivity index (χ0v) is 23.1. The summed E-state index contributed by atoms with van der Waals surface area (Å²) in [6.45, 7) is 14.4. The predicted molar refractivity (Wildman–Crippen MR) is 136 cm³/mol. The average molecular weight is 503 g/mol. The van der Waals surface area contributed by atoms with E-state index in [0.29, 0.717) is 25.7 Å². The molecule has 0 aliphatic heterocycles. The summed E-state index contributed by atoms with van der Waals surface area (Å²) in [5.74, 6) is -1.73. The van der Waals surface area contributed by atoms with Crippen molar-refractivity contribution in [3.8, 4) is 0 Å². The van der Waals surface area contributed by atoms with E-state index >= 15 is 0 Å². The van der Waals surface area contributed by atoms with E-state index in [4.69, 9.17) is 0 Å². The number of aliphatic carboxylic acids is 1. The first-order valence-electron chi connectivity index (χ1n) is 14.0. The maximum atomic E-state index is 13.2. The van der Waals surface area contributed by atoms with Crippen LogP contribution < -0.4 is 0 Å². The molecule has 0 aromatic carbocycles. The first-order valence-corrected chi connectivity index (χ1v) is 14.0. The van der Waals surface area contributed by atoms with Crippen molar-refractivity contribution in [2.24, 2.45) is 50.7 Å². The third-order valence-electron chi connectivity index (χ3n) is 13.4. The molecule has 5 aliphatic rings. The van der Waals surface area contributed by atoms with Gasteiger partial charge in [-0.1, -0.05) is 53.2 Å². The first kappa shape index (κ1) is 26.4. The number of fused-ring (bicyclic) bond motifs is 7. The Morgan fingerprint density at radius 2 is 1.56 bits per heavy atom. The minimum atomic E-state index is -1.23. The number of allylic oxidation sites excluding steroid dienone is 1. The lowest BCUT2D eigenvalue weighted by molar-refractivity contribution is -0.238. The van der Waals surface area contributed by atoms with Crippen molar-refractivity contribution in [3.63, 3.8) is 0 Å². The molecule has 6 heteroatoms. The lowest BCUT2D eigenvalue weighted by Crippen LogP contribution is -2.71. The van der Waals surface area contributed by atoms with E-state index < -0.39 is 51.7 Å². The van der Waals surface area contributed by atoms with E-state index in [-0.39, 0.29) is 28.6 Å². The molecule has 0 amide bonds. The number of aliphatic hydroxyl groups is 3. The molecule has 0 radical (unpaired) electrons. The van der Waals surface area contributed by atoms with E-state index in [2.05, 4.69) is 26.8 Å². The van der Waals surface area contributed by atoms with Gasteiger partial charge in [0.05, 0.1) is 11.0 Å². The van der Waals surface area contributed by atoms with Gasteiger partial charge in [0, 0.05) is 16.7 Å². The molecule has 202 valence electrons. The largest absolute Gasteiger partial charge is 0.481 e. The standard InChI is InChI=1S/C30H46O6/c1-16-10-13-30(24(34)35)15-14-26(4)17(21(30)29(16,7)36)8-9-19-27(26,5)12-11-18-25(2,3)22(32)20(31)23(33)28(18,19)6/h8,16,18-19,21-23,32-33,36H,9-15H2,1-7H3,(H,34,35)/t16?,18?,19?,21?,22?,23?,26-,27-,28+,29-,30+/m1/s1. The van der Waals surface area contributed by atoms with E-state index in [0.717, 1.165) is 24.8 Å². The minimum absolute atomic E-state index is 0.00270. The molecule has 6 unspecified atom stereocenters. The first-order chi connectivity index (χ1) is 16.4. The van der Waals surface area contributed by atoms with Crippen LogP contribution in [0.3, 0.4) is 0 Å². The van der Waals surface area contributed by atoms with Crippen molar-refractivity contribution < 1.29 is 30.0 Å². The molecular weight excluding hydrogens is 456 g/mol. The normalized spacial score (nSPS) is 55.9. The molecule has 36 heavy (non-hydrogen) atoms. The Morgan fingerprint density at radius 1 is 0.917 bits per heavy atom. The van der Waals surface area contributed by atoms with Gasteiger partial charge in [0.1, 0.15) is 12.2 Å². The number of carboxylic acid groups (broad SMARTS) is 1. The fourth-order valence-corrected chi connectivity index (χ4v) is 10.7. The minimum Gasteiger partial charge on any atom is -0.481 e. The lowest BCUT2D eigenvalue weighted by atomic mass is 9.32. The summed E-state index contributed by atoms with van der Waals surface area (Å²) in [6.07, 6.45) is 4.63. The number of rotatable bonds is 1. The molecule has 0 spiro atoms. The van der Waals surface area contributed by atoms with Gasteiger partial charge in [0.2, 0.25) is 0 Å². The van der Waals surface area contributed by atoms with Gasteiger partial charge in [-0.3, -0.25) is 9.59 Å². The van der Waals surface area contributed by atoms with Crippen LogP contribution in [0.2, 0.25) is 0 Å². The van der Waals surface area contributed by atoms with Gasteiger partial charge in [0.15, 0.2) is 5.78 Å².